The van der Waals surface area contributed by atoms with Crippen molar-refractivity contribution in [2.75, 3.05) is 13.2 Å². The van der Waals surface area contributed by atoms with Crippen LogP contribution in [0.3, 0.4) is 0 Å². The van der Waals surface area contributed by atoms with E-state index in [0.717, 1.165) is 50.5 Å². The van der Waals surface area contributed by atoms with E-state index in [1.54, 1.807) is 0 Å². The van der Waals surface area contributed by atoms with Crippen LogP contribution in [-0.4, -0.2) is 36.9 Å². The molecule has 1 saturated heterocycles. The fourth-order valence-corrected chi connectivity index (χ4v) is 5.64. The van der Waals surface area contributed by atoms with Crippen LogP contribution in [0.2, 0.25) is 0 Å². The van der Waals surface area contributed by atoms with Crippen LogP contribution >= 0.6 is 8.18 Å². The first-order valence-electron chi connectivity index (χ1n) is 14.7. The molecule has 212 valence electrons. The van der Waals surface area contributed by atoms with Gasteiger partial charge >= 0.3 is 14.1 Å². The maximum absolute atomic E-state index is 13.4. The van der Waals surface area contributed by atoms with Crippen LogP contribution in [-0.2, 0) is 29.8 Å². The van der Waals surface area contributed by atoms with Gasteiger partial charge in [-0.1, -0.05) is 107 Å². The molecule has 1 heterocycles. The predicted octanol–water partition coefficient (Wildman–Crippen LogP) is 7.68. The lowest BCUT2D eigenvalue weighted by atomic mass is 10.0. The van der Waals surface area contributed by atoms with Crippen LogP contribution in [0.4, 0.5) is 0 Å². The molecule has 0 spiro atoms. The summed E-state index contributed by atoms with van der Waals surface area (Å²) in [7, 11) is -2.34. The third-order valence-electron chi connectivity index (χ3n) is 7.15. The number of carbonyl (C=O) groups excluding carboxylic acids is 1. The molecule has 0 bridgehead atoms. The number of terminal acetylenes is 1. The Morgan fingerprint density at radius 3 is 2.24 bits per heavy atom. The van der Waals surface area contributed by atoms with Gasteiger partial charge in [-0.05, 0) is 48.7 Å². The van der Waals surface area contributed by atoms with Crippen molar-refractivity contribution in [3.8, 4) is 12.3 Å². The number of rotatable bonds is 21. The zero-order valence-corrected chi connectivity index (χ0v) is 24.5. The van der Waals surface area contributed by atoms with Gasteiger partial charge in [-0.3, -0.25) is 4.79 Å². The van der Waals surface area contributed by atoms with Gasteiger partial charge < -0.3 is 9.47 Å². The third-order valence-corrected chi connectivity index (χ3v) is 8.04. The van der Waals surface area contributed by atoms with Crippen molar-refractivity contribution < 1.29 is 23.4 Å². The van der Waals surface area contributed by atoms with Gasteiger partial charge in [0, 0.05) is 13.0 Å². The van der Waals surface area contributed by atoms with Gasteiger partial charge in [0.25, 0.3) is 0 Å². The fourth-order valence-electron chi connectivity index (χ4n) is 4.79. The molecule has 1 fully saturated rings. The summed E-state index contributed by atoms with van der Waals surface area (Å²) in [6.07, 6.45) is 20.9. The van der Waals surface area contributed by atoms with Crippen molar-refractivity contribution in [2.24, 2.45) is 0 Å². The summed E-state index contributed by atoms with van der Waals surface area (Å²) in [6, 6.07) is 8.91. The Labute approximate surface area is 231 Å². The Morgan fingerprint density at radius 2 is 1.68 bits per heavy atom. The molecular weight excluding hydrogens is 497 g/mol. The first-order chi connectivity index (χ1) is 18.5. The molecule has 0 aromatic heterocycles. The first kappa shape index (κ1) is 32.4. The summed E-state index contributed by atoms with van der Waals surface area (Å²) in [6.45, 7) is 5.01. The molecule has 1 N–H and O–H groups in total. The maximum atomic E-state index is 13.4. The lowest BCUT2D eigenvalue weighted by Crippen LogP contribution is -2.39. The lowest BCUT2D eigenvalue weighted by molar-refractivity contribution is -0.152. The number of hydrogen-bond donors (Lipinski definition) is 1. The van der Waals surface area contributed by atoms with Gasteiger partial charge in [0.1, 0.15) is 12.7 Å². The number of esters is 1. The monoisotopic (exact) mass is 546 g/mol. The molecule has 1 aliphatic heterocycles. The molecule has 2 rings (SSSR count). The van der Waals surface area contributed by atoms with Crippen molar-refractivity contribution in [3.05, 3.63) is 35.9 Å². The highest BCUT2D eigenvalue weighted by Gasteiger charge is 2.39. The Bertz CT molecular complexity index is 820. The van der Waals surface area contributed by atoms with E-state index in [4.69, 9.17) is 20.4 Å². The van der Waals surface area contributed by atoms with E-state index in [-0.39, 0.29) is 18.7 Å². The van der Waals surface area contributed by atoms with Gasteiger partial charge in [0.2, 0.25) is 0 Å². The third kappa shape index (κ3) is 12.9. The molecule has 0 aliphatic carbocycles. The minimum Gasteiger partial charge on any atom is -0.461 e. The number of benzene rings is 1. The van der Waals surface area contributed by atoms with E-state index in [1.165, 1.54) is 38.5 Å². The van der Waals surface area contributed by atoms with Gasteiger partial charge in [-0.2, -0.15) is 0 Å². The molecule has 3 atom stereocenters. The van der Waals surface area contributed by atoms with Crippen molar-refractivity contribution >= 4 is 14.1 Å². The zero-order valence-electron chi connectivity index (χ0n) is 23.6. The maximum Gasteiger partial charge on any atom is 0.614 e. The van der Waals surface area contributed by atoms with Gasteiger partial charge in [-0.25, -0.2) is 0 Å². The number of unbranched alkanes of at least 4 members (excludes halogenated alkanes) is 8. The molecule has 6 nitrogen and oxygen atoms in total. The van der Waals surface area contributed by atoms with E-state index >= 15 is 0 Å². The average Bonchev–Trinajstić information content (AvgIpc) is 3.41. The minimum absolute atomic E-state index is 0.0248. The summed E-state index contributed by atoms with van der Waals surface area (Å²) in [5, 5.41) is 2.89. The molecule has 0 amide bonds. The molecule has 0 saturated carbocycles. The zero-order chi connectivity index (χ0) is 27.5. The van der Waals surface area contributed by atoms with Crippen molar-refractivity contribution in [1.82, 2.24) is 5.09 Å². The molecule has 1 aromatic rings. The smallest absolute Gasteiger partial charge is 0.461 e. The van der Waals surface area contributed by atoms with Crippen molar-refractivity contribution in [2.45, 2.75) is 128 Å². The number of ether oxygens (including phenoxy) is 2. The average molecular weight is 547 g/mol. The normalized spacial score (nSPS) is 18.3. The topological polar surface area (TPSA) is 73.9 Å². The number of nitrogens with one attached hydrogen (secondary N) is 1. The Morgan fingerprint density at radius 1 is 1.05 bits per heavy atom. The van der Waals surface area contributed by atoms with Crippen LogP contribution < -0.4 is 5.09 Å². The number of carbonyl (C=O) groups is 1. The second-order valence-corrected chi connectivity index (χ2v) is 11.5. The van der Waals surface area contributed by atoms with Crippen molar-refractivity contribution in [1.29, 1.82) is 0 Å². The van der Waals surface area contributed by atoms with Gasteiger partial charge in [-0.15, -0.1) is 10.9 Å². The predicted molar refractivity (Wildman–Crippen MR) is 154 cm³/mol. The Hall–Kier alpha value is -1.77. The van der Waals surface area contributed by atoms with Crippen LogP contribution in [0, 0.1) is 12.3 Å². The minimum atomic E-state index is -2.34. The molecule has 1 aliphatic rings. The summed E-state index contributed by atoms with van der Waals surface area (Å²) in [5.41, 5.74) is 0.114. The Balaban J connectivity index is 2.00. The first-order valence-corrected chi connectivity index (χ1v) is 15.9. The molecule has 38 heavy (non-hydrogen) atoms. The van der Waals surface area contributed by atoms with Crippen LogP contribution in [0.15, 0.2) is 30.3 Å². The molecule has 1 unspecified atom stereocenters. The largest absolute Gasteiger partial charge is 0.614 e. The highest BCUT2D eigenvalue weighted by Crippen LogP contribution is 2.30. The molecule has 7 heteroatoms. The molecule has 1 aromatic carbocycles. The summed E-state index contributed by atoms with van der Waals surface area (Å²) in [5.74, 6) is 2.27. The highest BCUT2D eigenvalue weighted by atomic mass is 31.1. The van der Waals surface area contributed by atoms with Gasteiger partial charge in [0.05, 0.1) is 0 Å². The lowest BCUT2D eigenvalue weighted by Gasteiger charge is -2.21. The summed E-state index contributed by atoms with van der Waals surface area (Å²) < 4.78 is 30.2. The summed E-state index contributed by atoms with van der Waals surface area (Å²) >= 11 is 0. The molecular formula is C31H49NO5P+. The second kappa shape index (κ2) is 19.3. The van der Waals surface area contributed by atoms with Crippen molar-refractivity contribution in [3.63, 3.8) is 0 Å². The quantitative estimate of drug-likeness (QED) is 0.0738. The van der Waals surface area contributed by atoms with Crippen LogP contribution in [0.25, 0.3) is 0 Å². The number of hydrogen-bond acceptors (Lipinski definition) is 5. The van der Waals surface area contributed by atoms with Crippen LogP contribution in [0.5, 0.6) is 0 Å². The second-order valence-electron chi connectivity index (χ2n) is 10.5. The highest BCUT2D eigenvalue weighted by molar-refractivity contribution is 7.36. The Kier molecular flexibility index (Phi) is 16.5. The van der Waals surface area contributed by atoms with E-state index < -0.39 is 19.8 Å². The van der Waals surface area contributed by atoms with E-state index in [2.05, 4.69) is 24.9 Å². The molecule has 0 radical (unpaired) electrons. The standard InChI is InChI=1S/C31H49NO5P/c1-4-7-9-11-16-21-28(22-17-12-10-8-5-2)37-30(33)29(25-27-19-14-13-15-20-27)32-38(34)36-26-31(6-3)23-18-24-35-31/h3,13-15,19-20,28-29H,4-5,7-12,16-18,21-26H2,1-2H3,(H,32,34)/q+1/t29-,31-/m0/s1. The summed E-state index contributed by atoms with van der Waals surface area (Å²) in [4.78, 5) is 13.4. The fraction of sp³-hybridized carbons (Fsp3) is 0.710. The van der Waals surface area contributed by atoms with E-state index in [1.807, 2.05) is 30.3 Å². The van der Waals surface area contributed by atoms with Gasteiger partial charge in [0.15, 0.2) is 11.6 Å². The van der Waals surface area contributed by atoms with Crippen LogP contribution in [0.1, 0.15) is 109 Å². The van der Waals surface area contributed by atoms with E-state index in [9.17, 15) is 9.36 Å². The van der Waals surface area contributed by atoms with E-state index in [0.29, 0.717) is 19.4 Å². The SMILES string of the molecule is C#C[C@@]1(CO[P+](=O)N[C@@H](Cc2ccccc2)C(=O)OC(CCCCCCC)CCCCCCC)CCCO1.